The number of aromatic nitrogens is 6. The van der Waals surface area contributed by atoms with E-state index >= 15 is 0 Å². The van der Waals surface area contributed by atoms with Gasteiger partial charge in [-0.25, -0.2) is 15.0 Å². The summed E-state index contributed by atoms with van der Waals surface area (Å²) in [6, 6.07) is 26.7. The largest absolute Gasteiger partial charge is 0.355 e. The molecule has 0 amide bonds. The topological polar surface area (TPSA) is 86.0 Å². The summed E-state index contributed by atoms with van der Waals surface area (Å²) in [5.74, 6) is 1.02. The zero-order valence-corrected chi connectivity index (χ0v) is 20.9. The quantitative estimate of drug-likeness (QED) is 0.235. The summed E-state index contributed by atoms with van der Waals surface area (Å²) in [5.41, 5.74) is 9.15. The Morgan fingerprint density at radius 3 is 1.59 bits per heavy atom. The zero-order chi connectivity index (χ0) is 24.2. The van der Waals surface area contributed by atoms with Crippen LogP contribution in [0.5, 0.6) is 0 Å². The first-order valence-electron chi connectivity index (χ1n) is 11.8. The van der Waals surface area contributed by atoms with Crippen molar-refractivity contribution in [3.8, 4) is 0 Å². The standard InChI is InChI=1S/C20H14N4.C10H10N2.Co/c1-2-14-10-16-5-6-18(23-16)12-20-8-7-19(24-20)11-17-4-3-15(22-17)9-13(1)21-14;1-2-4-9(5-3-1)8-10-11-6-7-12-10;/h1-12,21-22H;1-7H,8H2,(H,11,12);. The van der Waals surface area contributed by atoms with Gasteiger partial charge in [0.1, 0.15) is 5.82 Å². The third-order valence-corrected chi connectivity index (χ3v) is 5.81. The fourth-order valence-corrected chi connectivity index (χ4v) is 4.13. The molecule has 0 unspecified atom stereocenters. The second-order valence-corrected chi connectivity index (χ2v) is 8.60. The van der Waals surface area contributed by atoms with Crippen LogP contribution in [0.2, 0.25) is 0 Å². The third kappa shape index (κ3) is 6.21. The molecule has 4 aromatic heterocycles. The van der Waals surface area contributed by atoms with E-state index in [1.54, 1.807) is 6.20 Å². The van der Waals surface area contributed by atoms with E-state index in [1.807, 2.05) is 66.9 Å². The summed E-state index contributed by atoms with van der Waals surface area (Å²) in [6.07, 6.45) is 12.6. The van der Waals surface area contributed by atoms with Crippen LogP contribution in [0.1, 0.15) is 34.2 Å². The van der Waals surface area contributed by atoms with Gasteiger partial charge in [0, 0.05) is 57.7 Å². The van der Waals surface area contributed by atoms with Gasteiger partial charge in [0.2, 0.25) is 0 Å². The van der Waals surface area contributed by atoms with Crippen LogP contribution in [0, 0.1) is 0 Å². The second-order valence-electron chi connectivity index (χ2n) is 8.60. The molecular formula is C30H24CoN6. The van der Waals surface area contributed by atoms with E-state index < -0.39 is 0 Å². The number of rotatable bonds is 2. The van der Waals surface area contributed by atoms with E-state index in [-0.39, 0.29) is 16.8 Å². The van der Waals surface area contributed by atoms with Crippen molar-refractivity contribution in [3.05, 3.63) is 125 Å². The molecule has 2 aliphatic heterocycles. The molecule has 183 valence electrons. The molecular weight excluding hydrogens is 503 g/mol. The van der Waals surface area contributed by atoms with Gasteiger partial charge < -0.3 is 15.0 Å². The monoisotopic (exact) mass is 527 g/mol. The Labute approximate surface area is 224 Å². The number of H-pyrrole nitrogens is 3. The van der Waals surface area contributed by atoms with Gasteiger partial charge >= 0.3 is 0 Å². The van der Waals surface area contributed by atoms with Crippen LogP contribution in [0.4, 0.5) is 0 Å². The summed E-state index contributed by atoms with van der Waals surface area (Å²) < 4.78 is 0. The van der Waals surface area contributed by atoms with Crippen LogP contribution in [0.25, 0.3) is 46.4 Å². The van der Waals surface area contributed by atoms with Gasteiger partial charge in [0.15, 0.2) is 0 Å². The zero-order valence-electron chi connectivity index (χ0n) is 19.9. The predicted molar refractivity (Wildman–Crippen MR) is 147 cm³/mol. The normalized spacial score (nSPS) is 11.5. The van der Waals surface area contributed by atoms with Crippen molar-refractivity contribution in [1.82, 2.24) is 29.9 Å². The van der Waals surface area contributed by atoms with Gasteiger partial charge in [0.05, 0.1) is 22.8 Å². The smallest absolute Gasteiger partial charge is 0.110 e. The molecule has 7 rings (SSSR count). The fourth-order valence-electron chi connectivity index (χ4n) is 4.13. The molecule has 1 radical (unpaired) electrons. The summed E-state index contributed by atoms with van der Waals surface area (Å²) >= 11 is 0. The summed E-state index contributed by atoms with van der Waals surface area (Å²) in [6.45, 7) is 0. The van der Waals surface area contributed by atoms with Crippen LogP contribution < -0.4 is 0 Å². The maximum Gasteiger partial charge on any atom is 0.110 e. The number of nitrogens with one attached hydrogen (secondary N) is 3. The van der Waals surface area contributed by atoms with Crippen LogP contribution >= 0.6 is 0 Å². The number of aromatic amines is 3. The van der Waals surface area contributed by atoms with Gasteiger partial charge in [-0.3, -0.25) is 0 Å². The van der Waals surface area contributed by atoms with Gasteiger partial charge in [-0.1, -0.05) is 30.3 Å². The fraction of sp³-hybridized carbons (Fsp3) is 0.0333. The summed E-state index contributed by atoms with van der Waals surface area (Å²) in [4.78, 5) is 23.3. The van der Waals surface area contributed by atoms with Crippen molar-refractivity contribution in [3.63, 3.8) is 0 Å². The number of imidazole rings is 1. The number of hydrogen-bond donors (Lipinski definition) is 3. The Hall–Kier alpha value is -4.46. The molecule has 0 spiro atoms. The Morgan fingerprint density at radius 1 is 0.568 bits per heavy atom. The number of benzene rings is 1. The van der Waals surface area contributed by atoms with Gasteiger partial charge in [0.25, 0.3) is 0 Å². The predicted octanol–water partition coefficient (Wildman–Crippen LogP) is 6.65. The minimum absolute atomic E-state index is 0. The molecule has 0 saturated heterocycles. The van der Waals surface area contributed by atoms with E-state index in [2.05, 4.69) is 72.4 Å². The first-order chi connectivity index (χ1) is 17.7. The van der Waals surface area contributed by atoms with Crippen LogP contribution in [-0.4, -0.2) is 29.9 Å². The number of fused-ring (bicyclic) bond motifs is 8. The molecule has 6 nitrogen and oxygen atoms in total. The van der Waals surface area contributed by atoms with E-state index in [9.17, 15) is 0 Å². The van der Waals surface area contributed by atoms with E-state index in [0.717, 1.165) is 57.1 Å². The Morgan fingerprint density at radius 2 is 1.08 bits per heavy atom. The Kier molecular flexibility index (Phi) is 7.25. The van der Waals surface area contributed by atoms with Crippen LogP contribution in [0.3, 0.4) is 0 Å². The maximum atomic E-state index is 4.62. The van der Waals surface area contributed by atoms with Gasteiger partial charge in [-0.05, 0) is 78.4 Å². The first kappa shape index (κ1) is 24.2. The molecule has 0 saturated carbocycles. The minimum atomic E-state index is 0. The van der Waals surface area contributed by atoms with E-state index in [1.165, 1.54) is 5.56 Å². The molecule has 1 aromatic carbocycles. The van der Waals surface area contributed by atoms with Crippen molar-refractivity contribution in [2.75, 3.05) is 0 Å². The van der Waals surface area contributed by atoms with Crippen molar-refractivity contribution in [1.29, 1.82) is 0 Å². The van der Waals surface area contributed by atoms with Crippen molar-refractivity contribution in [2.24, 2.45) is 0 Å². The Balaban J connectivity index is 0.000000183. The molecule has 0 fully saturated rings. The molecule has 6 heterocycles. The van der Waals surface area contributed by atoms with Crippen LogP contribution in [0.15, 0.2) is 91.3 Å². The second kappa shape index (κ2) is 11.1. The van der Waals surface area contributed by atoms with E-state index in [0.29, 0.717) is 0 Å². The van der Waals surface area contributed by atoms with Crippen molar-refractivity contribution < 1.29 is 16.8 Å². The number of nitrogens with zero attached hydrogens (tertiary/aromatic N) is 3. The van der Waals surface area contributed by atoms with Gasteiger partial charge in [-0.2, -0.15) is 0 Å². The molecule has 0 atom stereocenters. The molecule has 8 bridgehead atoms. The molecule has 0 aliphatic carbocycles. The average molecular weight is 527 g/mol. The first-order valence-corrected chi connectivity index (χ1v) is 11.8. The summed E-state index contributed by atoms with van der Waals surface area (Å²) in [7, 11) is 0. The molecule has 5 aromatic rings. The Bertz CT molecular complexity index is 1620. The number of hydrogen-bond acceptors (Lipinski definition) is 3. The maximum absolute atomic E-state index is 4.62. The molecule has 7 heteroatoms. The van der Waals surface area contributed by atoms with E-state index in [4.69, 9.17) is 0 Å². The SMILES string of the molecule is C1=Cc2cc3ccc(cc4ccc(cc5nc(cc1n2)C=C5)[nH]4)[nH]3.[Co].c1ccc(Cc2ncc[nH]2)cc1. The van der Waals surface area contributed by atoms with Gasteiger partial charge in [-0.15, -0.1) is 0 Å². The molecule has 37 heavy (non-hydrogen) atoms. The summed E-state index contributed by atoms with van der Waals surface area (Å²) in [5, 5.41) is 0. The van der Waals surface area contributed by atoms with Crippen LogP contribution in [-0.2, 0) is 23.2 Å². The minimum Gasteiger partial charge on any atom is -0.355 e. The van der Waals surface area contributed by atoms with Crippen molar-refractivity contribution >= 4 is 46.4 Å². The molecule has 2 aliphatic rings. The molecule has 3 N–H and O–H groups in total. The van der Waals surface area contributed by atoms with Crippen molar-refractivity contribution in [2.45, 2.75) is 6.42 Å². The third-order valence-electron chi connectivity index (χ3n) is 5.81. The average Bonchev–Trinajstić information content (AvgIpc) is 3.70.